The fourth-order valence-electron chi connectivity index (χ4n) is 1.52. The molecule has 1 nitrogen and oxygen atoms in total. The quantitative estimate of drug-likeness (QED) is 0.605. The number of aryl methyl sites for hydroxylation is 1. The van der Waals surface area contributed by atoms with Gasteiger partial charge in [-0.15, -0.1) is 0 Å². The average Bonchev–Trinajstić information content (AvgIpc) is 2.58. The molecular weight excluding hydrogens is 146 g/mol. The Morgan fingerprint density at radius 1 is 1.25 bits per heavy atom. The highest BCUT2D eigenvalue weighted by Crippen LogP contribution is 2.13. The summed E-state index contributed by atoms with van der Waals surface area (Å²) in [5.74, 6) is 0. The van der Waals surface area contributed by atoms with Crippen LogP contribution in [0.15, 0.2) is 29.3 Å². The zero-order valence-corrected chi connectivity index (χ0v) is 7.38. The standard InChI is InChI=1S/C11H13N.3H2/c1-9-4-6-10(7-5-9)11-3-2-8-12-11;;;/h4-7H,2-3,8H2,1H3;3*1H. The molecule has 12 heavy (non-hydrogen) atoms. The summed E-state index contributed by atoms with van der Waals surface area (Å²) in [7, 11) is 0. The highest BCUT2D eigenvalue weighted by Gasteiger charge is 2.07. The predicted molar refractivity (Wildman–Crippen MR) is 58.2 cm³/mol. The van der Waals surface area contributed by atoms with Crippen LogP contribution in [0.25, 0.3) is 0 Å². The van der Waals surface area contributed by atoms with E-state index in [9.17, 15) is 0 Å². The van der Waals surface area contributed by atoms with E-state index < -0.39 is 0 Å². The van der Waals surface area contributed by atoms with Crippen LogP contribution in [0.2, 0.25) is 0 Å². The summed E-state index contributed by atoms with van der Waals surface area (Å²) in [5.41, 5.74) is 3.91. The van der Waals surface area contributed by atoms with E-state index in [1.807, 2.05) is 0 Å². The van der Waals surface area contributed by atoms with E-state index >= 15 is 0 Å². The Labute approximate surface area is 77.6 Å². The van der Waals surface area contributed by atoms with Crippen molar-refractivity contribution in [2.24, 2.45) is 4.99 Å². The number of nitrogens with zero attached hydrogens (tertiary/aromatic N) is 1. The third-order valence-electron chi connectivity index (χ3n) is 2.26. The second-order valence-electron chi connectivity index (χ2n) is 3.30. The molecule has 68 valence electrons. The van der Waals surface area contributed by atoms with Crippen LogP contribution in [0.3, 0.4) is 0 Å². The largest absolute Gasteiger partial charge is 0.289 e. The van der Waals surface area contributed by atoms with Gasteiger partial charge in [0.1, 0.15) is 0 Å². The summed E-state index contributed by atoms with van der Waals surface area (Å²) >= 11 is 0. The minimum atomic E-state index is 0. The monoisotopic (exact) mass is 165 g/mol. The lowest BCUT2D eigenvalue weighted by Gasteiger charge is -1.99. The van der Waals surface area contributed by atoms with E-state index in [0.29, 0.717) is 0 Å². The molecule has 0 bridgehead atoms. The van der Waals surface area contributed by atoms with Crippen molar-refractivity contribution < 1.29 is 4.28 Å². The van der Waals surface area contributed by atoms with Gasteiger partial charge in [-0.1, -0.05) is 29.8 Å². The van der Waals surface area contributed by atoms with Crippen molar-refractivity contribution in [2.75, 3.05) is 6.54 Å². The number of hydrogen-bond acceptors (Lipinski definition) is 1. The highest BCUT2D eigenvalue weighted by molar-refractivity contribution is 6.01. The molecule has 0 fully saturated rings. The Bertz CT molecular complexity index is 306. The number of aliphatic imine (C=N–C) groups is 1. The van der Waals surface area contributed by atoms with Gasteiger partial charge in [0, 0.05) is 16.5 Å². The van der Waals surface area contributed by atoms with Gasteiger partial charge in [0.05, 0.1) is 0 Å². The summed E-state index contributed by atoms with van der Waals surface area (Å²) in [4.78, 5) is 4.45. The molecular formula is C11H19N. The molecule has 0 radical (unpaired) electrons. The fraction of sp³-hybridized carbons (Fsp3) is 0.364. The van der Waals surface area contributed by atoms with Crippen molar-refractivity contribution in [3.63, 3.8) is 0 Å². The maximum absolute atomic E-state index is 4.45. The lowest BCUT2D eigenvalue weighted by atomic mass is 10.1. The molecule has 1 aliphatic heterocycles. The smallest absolute Gasteiger partial charge is 0.0421 e. The SMILES string of the molecule is Cc1ccc(C2=NCCC2)cc1.[HH].[HH].[HH]. The van der Waals surface area contributed by atoms with Gasteiger partial charge in [-0.3, -0.25) is 4.99 Å². The normalized spacial score (nSPS) is 16.2. The van der Waals surface area contributed by atoms with Crippen LogP contribution in [-0.2, 0) is 0 Å². The molecule has 0 saturated heterocycles. The maximum Gasteiger partial charge on any atom is 0.0421 e. The minimum absolute atomic E-state index is 0. The minimum Gasteiger partial charge on any atom is -0.289 e. The molecule has 1 heteroatoms. The molecule has 0 saturated carbocycles. The first-order valence-electron chi connectivity index (χ1n) is 4.46. The van der Waals surface area contributed by atoms with E-state index in [1.165, 1.54) is 23.3 Å². The van der Waals surface area contributed by atoms with Crippen molar-refractivity contribution in [2.45, 2.75) is 19.8 Å². The Morgan fingerprint density at radius 2 is 2.00 bits per heavy atom. The van der Waals surface area contributed by atoms with Crippen molar-refractivity contribution in [3.8, 4) is 0 Å². The zero-order valence-electron chi connectivity index (χ0n) is 7.38. The van der Waals surface area contributed by atoms with Crippen molar-refractivity contribution in [1.82, 2.24) is 0 Å². The molecule has 1 aliphatic rings. The van der Waals surface area contributed by atoms with E-state index in [0.717, 1.165) is 13.0 Å². The maximum atomic E-state index is 4.45. The van der Waals surface area contributed by atoms with Gasteiger partial charge in [0.15, 0.2) is 0 Å². The molecule has 0 aliphatic carbocycles. The molecule has 0 aromatic heterocycles. The van der Waals surface area contributed by atoms with E-state index in [4.69, 9.17) is 0 Å². The summed E-state index contributed by atoms with van der Waals surface area (Å²) in [5, 5.41) is 0. The van der Waals surface area contributed by atoms with Crippen LogP contribution in [0, 0.1) is 6.92 Å². The van der Waals surface area contributed by atoms with Gasteiger partial charge in [0.2, 0.25) is 0 Å². The lowest BCUT2D eigenvalue weighted by molar-refractivity contribution is 0.951. The molecule has 0 unspecified atom stereocenters. The van der Waals surface area contributed by atoms with E-state index in [2.05, 4.69) is 36.2 Å². The average molecular weight is 165 g/mol. The van der Waals surface area contributed by atoms with Crippen molar-refractivity contribution >= 4 is 5.71 Å². The molecule has 0 atom stereocenters. The summed E-state index contributed by atoms with van der Waals surface area (Å²) < 4.78 is 0. The van der Waals surface area contributed by atoms with Crippen LogP contribution in [0.1, 0.15) is 28.2 Å². The topological polar surface area (TPSA) is 12.4 Å². The summed E-state index contributed by atoms with van der Waals surface area (Å²) in [6.45, 7) is 3.13. The van der Waals surface area contributed by atoms with E-state index in [-0.39, 0.29) is 4.28 Å². The molecule has 0 spiro atoms. The first-order chi connectivity index (χ1) is 5.86. The number of hydrogen-bond donors (Lipinski definition) is 0. The third kappa shape index (κ3) is 1.40. The second-order valence-corrected chi connectivity index (χ2v) is 3.30. The highest BCUT2D eigenvalue weighted by atomic mass is 14.8. The Balaban J connectivity index is 0. The lowest BCUT2D eigenvalue weighted by Crippen LogP contribution is -1.94. The Kier molecular flexibility index (Phi) is 1.94. The molecule has 2 rings (SSSR count). The predicted octanol–water partition coefficient (Wildman–Crippen LogP) is 3.32. The second kappa shape index (κ2) is 3.10. The first-order valence-corrected chi connectivity index (χ1v) is 4.46. The number of benzene rings is 1. The zero-order chi connectivity index (χ0) is 8.39. The van der Waals surface area contributed by atoms with Gasteiger partial charge >= 0.3 is 0 Å². The van der Waals surface area contributed by atoms with Crippen LogP contribution in [-0.4, -0.2) is 12.3 Å². The van der Waals surface area contributed by atoms with E-state index in [1.54, 1.807) is 0 Å². The van der Waals surface area contributed by atoms with Crippen molar-refractivity contribution in [3.05, 3.63) is 35.4 Å². The van der Waals surface area contributed by atoms with Gasteiger partial charge in [-0.2, -0.15) is 0 Å². The van der Waals surface area contributed by atoms with Crippen LogP contribution < -0.4 is 0 Å². The molecule has 0 N–H and O–H groups in total. The summed E-state index contributed by atoms with van der Waals surface area (Å²) in [6.07, 6.45) is 2.38. The van der Waals surface area contributed by atoms with Crippen LogP contribution in [0.4, 0.5) is 0 Å². The first kappa shape index (κ1) is 7.53. The number of rotatable bonds is 1. The van der Waals surface area contributed by atoms with Crippen molar-refractivity contribution in [1.29, 1.82) is 0 Å². The third-order valence-corrected chi connectivity index (χ3v) is 2.26. The Morgan fingerprint density at radius 3 is 2.58 bits per heavy atom. The van der Waals surface area contributed by atoms with Gasteiger partial charge < -0.3 is 0 Å². The van der Waals surface area contributed by atoms with Crippen LogP contribution >= 0.6 is 0 Å². The molecule has 1 aromatic rings. The van der Waals surface area contributed by atoms with Crippen LogP contribution in [0.5, 0.6) is 0 Å². The van der Waals surface area contributed by atoms with Gasteiger partial charge in [0.25, 0.3) is 0 Å². The molecule has 0 amide bonds. The summed E-state index contributed by atoms with van der Waals surface area (Å²) in [6, 6.07) is 8.63. The fourth-order valence-corrected chi connectivity index (χ4v) is 1.52. The van der Waals surface area contributed by atoms with Gasteiger partial charge in [-0.25, -0.2) is 0 Å². The Hall–Kier alpha value is -1.11. The van der Waals surface area contributed by atoms with Gasteiger partial charge in [-0.05, 0) is 25.3 Å². The molecule has 1 aromatic carbocycles. The molecule has 1 heterocycles.